The lowest BCUT2D eigenvalue weighted by molar-refractivity contribution is 0.0682. The number of benzene rings is 1. The Morgan fingerprint density at radius 3 is 2.76 bits per heavy atom. The van der Waals surface area contributed by atoms with Crippen LogP contribution in [0.2, 0.25) is 5.02 Å². The molecule has 3 N–H and O–H groups in total. The van der Waals surface area contributed by atoms with E-state index in [1.165, 1.54) is 44.9 Å². The summed E-state index contributed by atoms with van der Waals surface area (Å²) in [5, 5.41) is 10.6. The molecule has 6 nitrogen and oxygen atoms in total. The lowest BCUT2D eigenvalue weighted by Crippen LogP contribution is -2.43. The predicted octanol–water partition coefficient (Wildman–Crippen LogP) is 5.05. The molecule has 1 heterocycles. The first-order valence-electron chi connectivity index (χ1n) is 12.1. The number of carbonyl (C=O) groups is 1. The summed E-state index contributed by atoms with van der Waals surface area (Å²) in [4.78, 5) is 17.0. The zero-order valence-electron chi connectivity index (χ0n) is 19.6. The Morgan fingerprint density at radius 1 is 1.18 bits per heavy atom. The van der Waals surface area contributed by atoms with Crippen LogP contribution >= 0.6 is 11.6 Å². The van der Waals surface area contributed by atoms with Gasteiger partial charge in [-0.3, -0.25) is 4.79 Å². The number of aromatic nitrogens is 2. The van der Waals surface area contributed by atoms with E-state index in [0.29, 0.717) is 16.0 Å². The number of fused-ring (bicyclic) bond motifs is 2. The third-order valence-corrected chi connectivity index (χ3v) is 7.49. The maximum Gasteiger partial charge on any atom is 0.252 e. The van der Waals surface area contributed by atoms with Crippen LogP contribution in [-0.2, 0) is 6.54 Å². The zero-order chi connectivity index (χ0) is 22.2. The van der Waals surface area contributed by atoms with Crippen LogP contribution in [0, 0.1) is 18.8 Å². The van der Waals surface area contributed by atoms with Crippen molar-refractivity contribution >= 4 is 23.2 Å². The number of halogens is 1. The molecule has 2 radical (unpaired) electrons. The summed E-state index contributed by atoms with van der Waals surface area (Å²) in [7, 11) is 0. The monoisotopic (exact) mass is 471 g/mol. The van der Waals surface area contributed by atoms with Gasteiger partial charge in [0.25, 0.3) is 5.91 Å². The van der Waals surface area contributed by atoms with Crippen molar-refractivity contribution in [2.24, 2.45) is 11.3 Å². The second-order valence-corrected chi connectivity index (χ2v) is 9.97. The number of anilines is 1. The van der Waals surface area contributed by atoms with Gasteiger partial charge in [-0.25, -0.2) is 4.98 Å². The minimum Gasteiger partial charge on any atom is -0.384 e. The molecule has 0 spiro atoms. The number of nitrogens with zero attached hydrogens (tertiary/aromatic N) is 2. The highest BCUT2D eigenvalue weighted by Crippen LogP contribution is 2.48. The molecule has 33 heavy (non-hydrogen) atoms. The average Bonchev–Trinajstić information content (AvgIpc) is 3.31. The highest BCUT2D eigenvalue weighted by molar-refractivity contribution is 6.34. The number of hydrogen-bond donors (Lipinski definition) is 3. The summed E-state index contributed by atoms with van der Waals surface area (Å²) in [5.74, 6) is 0.809. The maximum atomic E-state index is 12.9. The third-order valence-electron chi connectivity index (χ3n) is 7.16. The molecular formula is C26H38ClN5O. The molecule has 2 fully saturated rings. The molecular weight excluding hydrogens is 434 g/mol. The Bertz CT molecular complexity index is 860. The van der Waals surface area contributed by atoms with Crippen molar-refractivity contribution in [3.05, 3.63) is 54.9 Å². The highest BCUT2D eigenvalue weighted by Gasteiger charge is 2.39. The number of hydrogen-bond acceptors (Lipinski definition) is 4. The number of nitrogens with one attached hydrogen (secondary N) is 3. The van der Waals surface area contributed by atoms with Gasteiger partial charge in [0, 0.05) is 44.3 Å². The number of carbonyl (C=O) groups excluding carboxylic acids is 1. The normalized spacial score (nSPS) is 21.8. The van der Waals surface area contributed by atoms with Gasteiger partial charge in [0.05, 0.1) is 16.9 Å². The molecule has 1 aromatic heterocycles. The molecule has 0 saturated heterocycles. The Morgan fingerprint density at radius 2 is 2.00 bits per heavy atom. The first kappa shape index (κ1) is 25.6. The van der Waals surface area contributed by atoms with E-state index in [9.17, 15) is 4.79 Å². The summed E-state index contributed by atoms with van der Waals surface area (Å²) >= 11 is 6.37. The molecule has 4 rings (SSSR count). The van der Waals surface area contributed by atoms with Crippen LogP contribution < -0.4 is 16.0 Å². The van der Waals surface area contributed by atoms with Gasteiger partial charge in [-0.2, -0.15) is 0 Å². The van der Waals surface area contributed by atoms with E-state index < -0.39 is 0 Å². The average molecular weight is 472 g/mol. The van der Waals surface area contributed by atoms with Crippen LogP contribution in [0.15, 0.2) is 36.9 Å². The molecule has 1 aromatic carbocycles. The van der Waals surface area contributed by atoms with Crippen molar-refractivity contribution in [1.82, 2.24) is 20.2 Å². The molecule has 0 unspecified atom stereocenters. The Kier molecular flexibility index (Phi) is 9.63. The molecule has 180 valence electrons. The number of rotatable bonds is 11. The summed E-state index contributed by atoms with van der Waals surface area (Å²) in [6.07, 6.45) is 15.8. The lowest BCUT2D eigenvalue weighted by Gasteiger charge is -2.45. The molecule has 7 heteroatoms. The van der Waals surface area contributed by atoms with Crippen LogP contribution in [0.3, 0.4) is 0 Å². The van der Waals surface area contributed by atoms with Crippen molar-refractivity contribution in [2.75, 3.05) is 31.5 Å². The number of amides is 1. The van der Waals surface area contributed by atoms with E-state index in [1.807, 2.05) is 30.7 Å². The fourth-order valence-corrected chi connectivity index (χ4v) is 5.67. The SMILES string of the molecule is O=C(NCC12CCCC(CCC1)C2)c1cc(NCCNCCCn2ccnc2)ccc1Cl.[CH2]. The standard InChI is InChI=1S/C25H36ClN5O.CH2/c26-23-7-6-21(29-12-11-27-10-3-14-31-15-13-28-19-31)16-22(23)24(32)30-18-25-8-1-4-20(17-25)5-2-9-25;/h6-7,13,15-16,19-20,27,29H,1-5,8-12,14,17-18H2,(H,30,32);1H2. The Labute approximate surface area is 203 Å². The largest absolute Gasteiger partial charge is 0.384 e. The van der Waals surface area contributed by atoms with E-state index in [4.69, 9.17) is 11.6 Å². The predicted molar refractivity (Wildman–Crippen MR) is 136 cm³/mol. The molecule has 2 bridgehead atoms. The van der Waals surface area contributed by atoms with Crippen molar-refractivity contribution < 1.29 is 4.79 Å². The molecule has 0 atom stereocenters. The minimum atomic E-state index is -0.0571. The van der Waals surface area contributed by atoms with Crippen LogP contribution in [0.25, 0.3) is 0 Å². The molecule has 1 amide bonds. The summed E-state index contributed by atoms with van der Waals surface area (Å²) in [6, 6.07) is 5.62. The van der Waals surface area contributed by atoms with Crippen molar-refractivity contribution in [3.63, 3.8) is 0 Å². The Balaban J connectivity index is 0.00000306. The summed E-state index contributed by atoms with van der Waals surface area (Å²) in [6.45, 7) is 4.35. The molecule has 2 aliphatic carbocycles. The fraction of sp³-hybridized carbons (Fsp3) is 0.577. The van der Waals surface area contributed by atoms with Gasteiger partial charge in [-0.1, -0.05) is 44.7 Å². The highest BCUT2D eigenvalue weighted by atomic mass is 35.5. The van der Waals surface area contributed by atoms with Gasteiger partial charge in [0.15, 0.2) is 0 Å². The molecule has 0 aliphatic heterocycles. The second kappa shape index (κ2) is 12.4. The lowest BCUT2D eigenvalue weighted by atomic mass is 9.62. The third kappa shape index (κ3) is 7.21. The molecule has 2 saturated carbocycles. The molecule has 2 aliphatic rings. The minimum absolute atomic E-state index is 0. The van der Waals surface area contributed by atoms with E-state index >= 15 is 0 Å². The Hall–Kier alpha value is -2.05. The quantitative estimate of drug-likeness (QED) is 0.401. The zero-order valence-corrected chi connectivity index (χ0v) is 20.4. The van der Waals surface area contributed by atoms with Crippen LogP contribution in [-0.4, -0.2) is 41.6 Å². The smallest absolute Gasteiger partial charge is 0.252 e. The van der Waals surface area contributed by atoms with E-state index in [-0.39, 0.29) is 13.3 Å². The van der Waals surface area contributed by atoms with Gasteiger partial charge < -0.3 is 20.5 Å². The number of aryl methyl sites for hydroxylation is 1. The van der Waals surface area contributed by atoms with Gasteiger partial charge >= 0.3 is 0 Å². The fourth-order valence-electron chi connectivity index (χ4n) is 5.47. The summed E-state index contributed by atoms with van der Waals surface area (Å²) < 4.78 is 2.08. The van der Waals surface area contributed by atoms with Crippen molar-refractivity contribution in [2.45, 2.75) is 57.9 Å². The van der Waals surface area contributed by atoms with Crippen molar-refractivity contribution in [1.29, 1.82) is 0 Å². The van der Waals surface area contributed by atoms with Crippen LogP contribution in [0.5, 0.6) is 0 Å². The van der Waals surface area contributed by atoms with E-state index in [1.54, 1.807) is 6.20 Å². The van der Waals surface area contributed by atoms with Crippen LogP contribution in [0.4, 0.5) is 5.69 Å². The summed E-state index contributed by atoms with van der Waals surface area (Å²) in [5.41, 5.74) is 1.79. The first-order valence-corrected chi connectivity index (χ1v) is 12.5. The van der Waals surface area contributed by atoms with Gasteiger partial charge in [0.2, 0.25) is 0 Å². The van der Waals surface area contributed by atoms with Gasteiger partial charge in [-0.15, -0.1) is 0 Å². The van der Waals surface area contributed by atoms with Crippen molar-refractivity contribution in [3.8, 4) is 0 Å². The van der Waals surface area contributed by atoms with E-state index in [0.717, 1.165) is 50.7 Å². The van der Waals surface area contributed by atoms with Gasteiger partial charge in [-0.05, 0) is 61.8 Å². The first-order chi connectivity index (χ1) is 15.6. The number of imidazole rings is 1. The topological polar surface area (TPSA) is 71.0 Å². The maximum absolute atomic E-state index is 12.9. The van der Waals surface area contributed by atoms with E-state index in [2.05, 4.69) is 25.5 Å². The second-order valence-electron chi connectivity index (χ2n) is 9.56. The van der Waals surface area contributed by atoms with Crippen LogP contribution in [0.1, 0.15) is 61.7 Å². The van der Waals surface area contributed by atoms with Gasteiger partial charge in [0.1, 0.15) is 0 Å². The molecule has 2 aromatic rings.